The normalized spacial score (nSPS) is 10.5. The van der Waals surface area contributed by atoms with Gasteiger partial charge in [0, 0.05) is 25.5 Å². The number of aliphatic carboxylic acids is 1. The van der Waals surface area contributed by atoms with Crippen LogP contribution < -0.4 is 5.32 Å². The highest BCUT2D eigenvalue weighted by Gasteiger charge is 1.94. The molecule has 5 nitrogen and oxygen atoms in total. The molecule has 1 heterocycles. The third kappa shape index (κ3) is 2.98. The number of nitrogens with one attached hydrogen (secondary N) is 1. The van der Waals surface area contributed by atoms with Crippen molar-refractivity contribution in [3.05, 3.63) is 30.2 Å². The van der Waals surface area contributed by atoms with Crippen molar-refractivity contribution in [1.29, 1.82) is 0 Å². The Morgan fingerprint density at radius 3 is 3.15 bits per heavy atom. The maximum Gasteiger partial charge on any atom is 0.329 e. The van der Waals surface area contributed by atoms with Crippen molar-refractivity contribution in [3.63, 3.8) is 0 Å². The van der Waals surface area contributed by atoms with Crippen molar-refractivity contribution in [3.8, 4) is 0 Å². The van der Waals surface area contributed by atoms with E-state index in [9.17, 15) is 4.79 Å². The van der Waals surface area contributed by atoms with Gasteiger partial charge in [-0.15, -0.1) is 0 Å². The van der Waals surface area contributed by atoms with Crippen LogP contribution in [0.4, 0.5) is 0 Å². The molecular weight excluding hydrogens is 170 g/mol. The summed E-state index contributed by atoms with van der Waals surface area (Å²) in [6.07, 6.45) is 4.14. The molecule has 0 radical (unpaired) electrons. The average Bonchev–Trinajstić information content (AvgIpc) is 2.45. The molecule has 1 rings (SSSR count). The highest BCUT2D eigenvalue weighted by molar-refractivity contribution is 5.79. The summed E-state index contributed by atoms with van der Waals surface area (Å²) in [5.74, 6) is -0.961. The first-order chi connectivity index (χ1) is 6.20. The molecule has 0 bridgehead atoms. The van der Waals surface area contributed by atoms with Crippen LogP contribution in [0.15, 0.2) is 24.5 Å². The van der Waals surface area contributed by atoms with Crippen molar-refractivity contribution >= 4 is 5.97 Å². The second-order valence-corrected chi connectivity index (χ2v) is 2.50. The fourth-order valence-electron chi connectivity index (χ4n) is 0.868. The van der Waals surface area contributed by atoms with Crippen LogP contribution in [0.25, 0.3) is 0 Å². The highest BCUT2D eigenvalue weighted by atomic mass is 16.4. The summed E-state index contributed by atoms with van der Waals surface area (Å²) in [6, 6.07) is 1.86. The van der Waals surface area contributed by atoms with Gasteiger partial charge in [0.1, 0.15) is 0 Å². The van der Waals surface area contributed by atoms with Gasteiger partial charge in [0.25, 0.3) is 0 Å². The van der Waals surface area contributed by atoms with Gasteiger partial charge in [-0.25, -0.2) is 4.79 Å². The second-order valence-electron chi connectivity index (χ2n) is 2.50. The van der Waals surface area contributed by atoms with Gasteiger partial charge in [0.15, 0.2) is 0 Å². The van der Waals surface area contributed by atoms with Gasteiger partial charge in [-0.2, -0.15) is 5.10 Å². The third-order valence-corrected chi connectivity index (χ3v) is 1.55. The molecule has 70 valence electrons. The minimum Gasteiger partial charge on any atom is -0.478 e. The number of aromatic nitrogens is 2. The Bertz CT molecular complexity index is 317. The molecular formula is C8H11N3O2. The van der Waals surface area contributed by atoms with E-state index in [4.69, 9.17) is 5.11 Å². The minimum absolute atomic E-state index is 0.570. The Hall–Kier alpha value is -1.78. The summed E-state index contributed by atoms with van der Waals surface area (Å²) in [5, 5.41) is 15.1. The zero-order valence-electron chi connectivity index (χ0n) is 7.27. The second kappa shape index (κ2) is 4.30. The van der Waals surface area contributed by atoms with Gasteiger partial charge in [-0.3, -0.25) is 4.68 Å². The standard InChI is InChI=1S/C8H11N3O2/c1-11-7(2-5-10-11)6-9-4-3-8(12)13/h2-5,9H,6H2,1H3,(H,12,13)/b4-3+. The molecule has 13 heavy (non-hydrogen) atoms. The van der Waals surface area contributed by atoms with Gasteiger partial charge in [0.2, 0.25) is 0 Å². The lowest BCUT2D eigenvalue weighted by Gasteiger charge is -2.00. The molecule has 0 aliphatic heterocycles. The monoisotopic (exact) mass is 181 g/mol. The van der Waals surface area contributed by atoms with E-state index in [1.54, 1.807) is 10.9 Å². The molecule has 1 aromatic rings. The highest BCUT2D eigenvalue weighted by Crippen LogP contribution is 1.94. The summed E-state index contributed by atoms with van der Waals surface area (Å²) in [4.78, 5) is 10.1. The quantitative estimate of drug-likeness (QED) is 0.647. The number of carbonyl (C=O) groups is 1. The van der Waals surface area contributed by atoms with E-state index in [0.717, 1.165) is 11.8 Å². The molecule has 0 saturated heterocycles. The van der Waals surface area contributed by atoms with Crippen molar-refractivity contribution in [2.45, 2.75) is 6.54 Å². The van der Waals surface area contributed by atoms with Crippen molar-refractivity contribution in [2.75, 3.05) is 0 Å². The number of rotatable bonds is 4. The number of carboxylic acids is 1. The molecule has 0 spiro atoms. The van der Waals surface area contributed by atoms with Crippen molar-refractivity contribution in [2.24, 2.45) is 7.05 Å². The lowest BCUT2D eigenvalue weighted by atomic mass is 10.4. The number of carboxylic acid groups (broad SMARTS) is 1. The average molecular weight is 181 g/mol. The zero-order valence-corrected chi connectivity index (χ0v) is 7.27. The van der Waals surface area contributed by atoms with Gasteiger partial charge >= 0.3 is 5.97 Å². The first kappa shape index (κ1) is 9.31. The minimum atomic E-state index is -0.961. The lowest BCUT2D eigenvalue weighted by molar-refractivity contribution is -0.131. The van der Waals surface area contributed by atoms with Crippen LogP contribution in [0, 0.1) is 0 Å². The smallest absolute Gasteiger partial charge is 0.329 e. The zero-order chi connectivity index (χ0) is 9.68. The van der Waals surface area contributed by atoms with Gasteiger partial charge < -0.3 is 10.4 Å². The largest absolute Gasteiger partial charge is 0.478 e. The van der Waals surface area contributed by atoms with Gasteiger partial charge in [-0.1, -0.05) is 0 Å². The summed E-state index contributed by atoms with van der Waals surface area (Å²) in [5.41, 5.74) is 0.995. The van der Waals surface area contributed by atoms with Crippen LogP contribution in [-0.4, -0.2) is 20.9 Å². The fourth-order valence-corrected chi connectivity index (χ4v) is 0.868. The molecule has 0 aromatic carbocycles. The van der Waals surface area contributed by atoms with E-state index >= 15 is 0 Å². The lowest BCUT2D eigenvalue weighted by Crippen LogP contribution is -2.09. The Balaban J connectivity index is 2.36. The first-order valence-electron chi connectivity index (χ1n) is 3.80. The van der Waals surface area contributed by atoms with Crippen LogP contribution in [0.1, 0.15) is 5.69 Å². The third-order valence-electron chi connectivity index (χ3n) is 1.55. The SMILES string of the molecule is Cn1nccc1CN/C=C/C(=O)O. The number of aryl methyl sites for hydroxylation is 1. The van der Waals surface area contributed by atoms with Crippen LogP contribution >= 0.6 is 0 Å². The molecule has 0 amide bonds. The number of hydrogen-bond donors (Lipinski definition) is 2. The number of nitrogens with zero attached hydrogens (tertiary/aromatic N) is 2. The summed E-state index contributed by atoms with van der Waals surface area (Å²) in [6.45, 7) is 0.570. The Morgan fingerprint density at radius 1 is 1.85 bits per heavy atom. The molecule has 2 N–H and O–H groups in total. The van der Waals surface area contributed by atoms with Crippen molar-refractivity contribution in [1.82, 2.24) is 15.1 Å². The van der Waals surface area contributed by atoms with E-state index in [1.807, 2.05) is 13.1 Å². The van der Waals surface area contributed by atoms with Crippen LogP contribution in [0.2, 0.25) is 0 Å². The molecule has 0 aliphatic carbocycles. The summed E-state index contributed by atoms with van der Waals surface area (Å²) in [7, 11) is 1.83. The van der Waals surface area contributed by atoms with Crippen molar-refractivity contribution < 1.29 is 9.90 Å². The van der Waals surface area contributed by atoms with E-state index in [1.165, 1.54) is 6.20 Å². The molecule has 0 fully saturated rings. The molecule has 0 saturated carbocycles. The van der Waals surface area contributed by atoms with Crippen LogP contribution in [0.5, 0.6) is 0 Å². The Morgan fingerprint density at radius 2 is 2.62 bits per heavy atom. The van der Waals surface area contributed by atoms with Crippen LogP contribution in [-0.2, 0) is 18.4 Å². The molecule has 0 unspecified atom stereocenters. The number of hydrogen-bond acceptors (Lipinski definition) is 3. The Labute approximate surface area is 75.7 Å². The topological polar surface area (TPSA) is 67.2 Å². The maximum atomic E-state index is 10.1. The first-order valence-corrected chi connectivity index (χ1v) is 3.80. The fraction of sp³-hybridized carbons (Fsp3) is 0.250. The summed E-state index contributed by atoms with van der Waals surface area (Å²) < 4.78 is 1.72. The van der Waals surface area contributed by atoms with E-state index < -0.39 is 5.97 Å². The molecule has 1 aromatic heterocycles. The Kier molecular flexibility index (Phi) is 3.08. The van der Waals surface area contributed by atoms with E-state index in [-0.39, 0.29) is 0 Å². The molecule has 0 aliphatic rings. The molecule has 0 atom stereocenters. The van der Waals surface area contributed by atoms with E-state index in [2.05, 4.69) is 10.4 Å². The van der Waals surface area contributed by atoms with Crippen LogP contribution in [0.3, 0.4) is 0 Å². The van der Waals surface area contributed by atoms with Gasteiger partial charge in [-0.05, 0) is 6.07 Å². The predicted molar refractivity (Wildman–Crippen MR) is 46.8 cm³/mol. The maximum absolute atomic E-state index is 10.1. The summed E-state index contributed by atoms with van der Waals surface area (Å²) >= 11 is 0. The molecule has 5 heteroatoms. The van der Waals surface area contributed by atoms with E-state index in [0.29, 0.717) is 6.54 Å². The van der Waals surface area contributed by atoms with Gasteiger partial charge in [0.05, 0.1) is 12.2 Å². The predicted octanol–water partition coefficient (Wildman–Crippen LogP) is 0.108.